The average Bonchev–Trinajstić information content (AvgIpc) is 2.47. The number of ether oxygens (including phenoxy) is 2. The molecule has 0 aliphatic rings. The van der Waals surface area contributed by atoms with Crippen molar-refractivity contribution in [3.8, 4) is 0 Å². The Bertz CT molecular complexity index is 206. The van der Waals surface area contributed by atoms with E-state index >= 15 is 0 Å². The molecule has 0 spiro atoms. The van der Waals surface area contributed by atoms with E-state index in [4.69, 9.17) is 29.0 Å². The van der Waals surface area contributed by atoms with Gasteiger partial charge >= 0.3 is 0 Å². The second-order valence-corrected chi connectivity index (χ2v) is 4.75. The zero-order chi connectivity index (χ0) is 15.4. The molecular weight excluding hydrogens is 264 g/mol. The highest BCUT2D eigenvalue weighted by atomic mass is 17.3. The van der Waals surface area contributed by atoms with Gasteiger partial charge in [0.2, 0.25) is 5.79 Å². The Labute approximate surface area is 122 Å². The second kappa shape index (κ2) is 11.4. The molecule has 0 amide bonds. The quantitative estimate of drug-likeness (QED) is 0.294. The zero-order valence-corrected chi connectivity index (χ0v) is 13.6. The van der Waals surface area contributed by atoms with Crippen LogP contribution in [-0.2, 0) is 29.0 Å². The van der Waals surface area contributed by atoms with E-state index in [-0.39, 0.29) is 0 Å². The first-order chi connectivity index (χ1) is 9.55. The third-order valence-corrected chi connectivity index (χ3v) is 2.88. The first-order valence-corrected chi connectivity index (χ1v) is 7.29. The van der Waals surface area contributed by atoms with E-state index in [1.807, 2.05) is 20.8 Å². The van der Waals surface area contributed by atoms with Crippen LogP contribution in [0.2, 0.25) is 0 Å². The van der Waals surface area contributed by atoms with Crippen LogP contribution < -0.4 is 0 Å². The van der Waals surface area contributed by atoms with Gasteiger partial charge in [-0.15, -0.1) is 0 Å². The minimum atomic E-state index is -1.00. The molecule has 0 aromatic rings. The summed E-state index contributed by atoms with van der Waals surface area (Å²) in [6.45, 7) is 7.74. The molecule has 0 rings (SSSR count). The third-order valence-electron chi connectivity index (χ3n) is 2.88. The maximum absolute atomic E-state index is 5.33. The van der Waals surface area contributed by atoms with Crippen molar-refractivity contribution in [1.29, 1.82) is 0 Å². The van der Waals surface area contributed by atoms with Crippen LogP contribution in [0.4, 0.5) is 0 Å². The summed E-state index contributed by atoms with van der Waals surface area (Å²) in [5.41, 5.74) is 0. The van der Waals surface area contributed by atoms with E-state index in [2.05, 4.69) is 0 Å². The van der Waals surface area contributed by atoms with E-state index in [0.717, 1.165) is 25.7 Å². The fourth-order valence-electron chi connectivity index (χ4n) is 1.32. The van der Waals surface area contributed by atoms with E-state index in [9.17, 15) is 0 Å². The number of hydrogen-bond donors (Lipinski definition) is 0. The molecule has 20 heavy (non-hydrogen) atoms. The summed E-state index contributed by atoms with van der Waals surface area (Å²) in [7, 11) is 3.15. The van der Waals surface area contributed by atoms with E-state index in [1.54, 1.807) is 21.1 Å². The molecule has 0 saturated carbocycles. The van der Waals surface area contributed by atoms with Crippen LogP contribution in [0, 0.1) is 0 Å². The van der Waals surface area contributed by atoms with E-state index in [0.29, 0.717) is 6.42 Å². The van der Waals surface area contributed by atoms with Crippen molar-refractivity contribution < 1.29 is 29.0 Å². The number of methoxy groups -OCH3 is 2. The fraction of sp³-hybridized carbons (Fsp3) is 1.00. The van der Waals surface area contributed by atoms with Gasteiger partial charge in [-0.3, -0.25) is 0 Å². The Morgan fingerprint density at radius 1 is 0.800 bits per heavy atom. The molecule has 0 bridgehead atoms. The summed E-state index contributed by atoms with van der Waals surface area (Å²) in [5.74, 6) is -1.00. The van der Waals surface area contributed by atoms with Gasteiger partial charge in [0, 0.05) is 33.5 Å². The second-order valence-electron chi connectivity index (χ2n) is 4.75. The predicted octanol–water partition coefficient (Wildman–Crippen LogP) is 3.55. The average molecular weight is 294 g/mol. The van der Waals surface area contributed by atoms with Gasteiger partial charge in [-0.25, -0.2) is 9.78 Å². The van der Waals surface area contributed by atoms with Gasteiger partial charge in [-0.1, -0.05) is 33.6 Å². The van der Waals surface area contributed by atoms with Crippen LogP contribution in [0.25, 0.3) is 0 Å². The van der Waals surface area contributed by atoms with Crippen LogP contribution in [0.1, 0.15) is 59.8 Å². The van der Waals surface area contributed by atoms with Crippen molar-refractivity contribution in [2.45, 2.75) is 78.2 Å². The van der Waals surface area contributed by atoms with Gasteiger partial charge in [0.25, 0.3) is 0 Å². The van der Waals surface area contributed by atoms with Crippen molar-refractivity contribution in [3.05, 3.63) is 0 Å². The summed E-state index contributed by atoms with van der Waals surface area (Å²) >= 11 is 0. The topological polar surface area (TPSA) is 55.4 Å². The monoisotopic (exact) mass is 294 g/mol. The summed E-state index contributed by atoms with van der Waals surface area (Å²) in [6.07, 6.45) is 3.08. The molecule has 0 fully saturated rings. The Balaban J connectivity index is 4.23. The maximum atomic E-state index is 5.33. The predicted molar refractivity (Wildman–Crippen MR) is 74.4 cm³/mol. The van der Waals surface area contributed by atoms with Crippen LogP contribution >= 0.6 is 0 Å². The Morgan fingerprint density at radius 2 is 1.20 bits per heavy atom. The molecule has 0 heterocycles. The van der Waals surface area contributed by atoms with E-state index in [1.165, 1.54) is 0 Å². The van der Waals surface area contributed by atoms with Gasteiger partial charge in [0.15, 0.2) is 12.6 Å². The Hall–Kier alpha value is -0.240. The Morgan fingerprint density at radius 3 is 1.45 bits per heavy atom. The minimum absolute atomic E-state index is 0.414. The van der Waals surface area contributed by atoms with Crippen LogP contribution in [0.3, 0.4) is 0 Å². The van der Waals surface area contributed by atoms with Gasteiger partial charge in [0.1, 0.15) is 0 Å². The zero-order valence-electron chi connectivity index (χ0n) is 13.6. The molecule has 2 unspecified atom stereocenters. The van der Waals surface area contributed by atoms with Crippen LogP contribution in [-0.4, -0.2) is 32.6 Å². The molecule has 0 saturated heterocycles. The number of rotatable bonds is 13. The summed E-state index contributed by atoms with van der Waals surface area (Å²) in [5, 5.41) is 0. The molecule has 0 aromatic heterocycles. The molecule has 0 N–H and O–H groups in total. The van der Waals surface area contributed by atoms with Crippen molar-refractivity contribution >= 4 is 0 Å². The minimum Gasteiger partial charge on any atom is -0.353 e. The van der Waals surface area contributed by atoms with Crippen LogP contribution in [0.5, 0.6) is 0 Å². The molecule has 122 valence electrons. The largest absolute Gasteiger partial charge is 0.353 e. The van der Waals surface area contributed by atoms with Crippen molar-refractivity contribution in [1.82, 2.24) is 0 Å². The highest BCUT2D eigenvalue weighted by Gasteiger charge is 2.30. The van der Waals surface area contributed by atoms with Gasteiger partial charge < -0.3 is 9.47 Å². The SMILES string of the molecule is CCCC(OC)OOC(C)(CC)OOC(CCC)OC. The van der Waals surface area contributed by atoms with Crippen molar-refractivity contribution in [2.24, 2.45) is 0 Å². The fourth-order valence-corrected chi connectivity index (χ4v) is 1.32. The molecular formula is C14H30O6. The summed E-state index contributed by atoms with van der Waals surface area (Å²) in [6, 6.07) is 0. The maximum Gasteiger partial charge on any atom is 0.231 e. The standard InChI is InChI=1S/C14H30O6/c1-7-10-12(15-5)17-19-14(4,9-3)20-18-13(16-6)11-8-2/h12-13H,7-11H2,1-6H3. The lowest BCUT2D eigenvalue weighted by atomic mass is 10.2. The van der Waals surface area contributed by atoms with E-state index < -0.39 is 18.4 Å². The third kappa shape index (κ3) is 8.14. The van der Waals surface area contributed by atoms with Gasteiger partial charge in [-0.2, -0.15) is 9.78 Å². The number of hydrogen-bond acceptors (Lipinski definition) is 6. The van der Waals surface area contributed by atoms with Crippen LogP contribution in [0.15, 0.2) is 0 Å². The van der Waals surface area contributed by atoms with Gasteiger partial charge in [-0.05, 0) is 6.92 Å². The lowest BCUT2D eigenvalue weighted by Crippen LogP contribution is -2.36. The Kier molecular flexibility index (Phi) is 11.3. The summed E-state index contributed by atoms with van der Waals surface area (Å²) in [4.78, 5) is 21.2. The highest BCUT2D eigenvalue weighted by molar-refractivity contribution is 4.55. The molecule has 6 heteroatoms. The lowest BCUT2D eigenvalue weighted by molar-refractivity contribution is -0.546. The first kappa shape index (κ1) is 19.8. The molecule has 6 nitrogen and oxygen atoms in total. The van der Waals surface area contributed by atoms with Gasteiger partial charge in [0.05, 0.1) is 0 Å². The molecule has 0 aromatic carbocycles. The lowest BCUT2D eigenvalue weighted by Gasteiger charge is -2.28. The van der Waals surface area contributed by atoms with Crippen molar-refractivity contribution in [2.75, 3.05) is 14.2 Å². The summed E-state index contributed by atoms with van der Waals surface area (Å²) < 4.78 is 10.3. The highest BCUT2D eigenvalue weighted by Crippen LogP contribution is 2.21. The molecule has 0 radical (unpaired) electrons. The molecule has 2 atom stereocenters. The van der Waals surface area contributed by atoms with Crippen molar-refractivity contribution in [3.63, 3.8) is 0 Å². The normalized spacial score (nSPS) is 17.7. The first-order valence-electron chi connectivity index (χ1n) is 7.29. The smallest absolute Gasteiger partial charge is 0.231 e. The molecule has 0 aliphatic heterocycles. The molecule has 0 aliphatic carbocycles.